The van der Waals surface area contributed by atoms with Gasteiger partial charge < -0.3 is 10.1 Å². The normalized spacial score (nSPS) is 12.4. The van der Waals surface area contributed by atoms with Crippen LogP contribution >= 0.6 is 11.6 Å². The van der Waals surface area contributed by atoms with Gasteiger partial charge in [0.25, 0.3) is 0 Å². The number of pyridine rings is 1. The van der Waals surface area contributed by atoms with Crippen LogP contribution in [0.3, 0.4) is 0 Å². The molecule has 1 aromatic heterocycles. The Kier molecular flexibility index (Phi) is 6.35. The third-order valence-electron chi connectivity index (χ3n) is 3.33. The number of hydrogen-bond donors (Lipinski definition) is 2. The molecule has 0 bridgehead atoms. The van der Waals surface area contributed by atoms with E-state index >= 15 is 0 Å². The van der Waals surface area contributed by atoms with Crippen LogP contribution < -0.4 is 14.8 Å². The van der Waals surface area contributed by atoms with Crippen LogP contribution in [0.25, 0.3) is 0 Å². The molecule has 2 N–H and O–H groups in total. The lowest BCUT2D eigenvalue weighted by Crippen LogP contribution is -2.44. The molecule has 25 heavy (non-hydrogen) atoms. The zero-order valence-electron chi connectivity index (χ0n) is 13.7. The van der Waals surface area contributed by atoms with Crippen LogP contribution in [0.4, 0.5) is 0 Å². The zero-order valence-corrected chi connectivity index (χ0v) is 15.3. The fourth-order valence-corrected chi connectivity index (χ4v) is 3.69. The number of sulfonamides is 1. The van der Waals surface area contributed by atoms with Gasteiger partial charge in [0.05, 0.1) is 13.2 Å². The number of nitrogens with zero attached hydrogens (tertiary/aromatic N) is 1. The van der Waals surface area contributed by atoms with Gasteiger partial charge in [-0.1, -0.05) is 17.7 Å². The lowest BCUT2D eigenvalue weighted by atomic mass is 10.2. The molecule has 134 valence electrons. The van der Waals surface area contributed by atoms with E-state index in [1.165, 1.54) is 32.2 Å². The number of amides is 1. The fourth-order valence-electron chi connectivity index (χ4n) is 2.06. The summed E-state index contributed by atoms with van der Waals surface area (Å²) in [5.41, 5.74) is 0.808. The van der Waals surface area contributed by atoms with Crippen molar-refractivity contribution in [3.05, 3.63) is 53.3 Å². The predicted octanol–water partition coefficient (Wildman–Crippen LogP) is 1.73. The minimum absolute atomic E-state index is 0.130. The SMILES string of the molecule is COc1ccc(Cl)cc1S(=O)(=O)N[C@@H](C)C(=O)NCc1cccnc1. The Morgan fingerprint density at radius 2 is 2.12 bits per heavy atom. The molecule has 1 aromatic carbocycles. The van der Waals surface area contributed by atoms with E-state index in [1.54, 1.807) is 24.5 Å². The van der Waals surface area contributed by atoms with Crippen molar-refractivity contribution in [3.63, 3.8) is 0 Å². The van der Waals surface area contributed by atoms with Crippen molar-refractivity contribution >= 4 is 27.5 Å². The van der Waals surface area contributed by atoms with Crippen molar-refractivity contribution in [2.75, 3.05) is 7.11 Å². The molecule has 2 aromatic rings. The predicted molar refractivity (Wildman–Crippen MR) is 93.9 cm³/mol. The molecule has 1 heterocycles. The van der Waals surface area contributed by atoms with E-state index in [9.17, 15) is 13.2 Å². The largest absolute Gasteiger partial charge is 0.495 e. The van der Waals surface area contributed by atoms with E-state index in [0.717, 1.165) is 5.56 Å². The number of rotatable bonds is 7. The quantitative estimate of drug-likeness (QED) is 0.758. The van der Waals surface area contributed by atoms with Crippen molar-refractivity contribution < 1.29 is 17.9 Å². The molecule has 0 radical (unpaired) electrons. The van der Waals surface area contributed by atoms with Crippen LogP contribution in [0, 0.1) is 0 Å². The summed E-state index contributed by atoms with van der Waals surface area (Å²) in [4.78, 5) is 15.9. The Morgan fingerprint density at radius 1 is 1.36 bits per heavy atom. The molecular weight excluding hydrogens is 366 g/mol. The minimum atomic E-state index is -3.99. The van der Waals surface area contributed by atoms with E-state index in [-0.39, 0.29) is 22.2 Å². The highest BCUT2D eigenvalue weighted by Gasteiger charge is 2.25. The smallest absolute Gasteiger partial charge is 0.245 e. The summed E-state index contributed by atoms with van der Waals surface area (Å²) >= 11 is 5.86. The van der Waals surface area contributed by atoms with Gasteiger partial charge in [-0.15, -0.1) is 0 Å². The number of aromatic nitrogens is 1. The molecule has 0 saturated carbocycles. The molecule has 0 aliphatic carbocycles. The van der Waals surface area contributed by atoms with Crippen molar-refractivity contribution in [2.45, 2.75) is 24.4 Å². The maximum absolute atomic E-state index is 12.5. The number of halogens is 1. The number of carbonyl (C=O) groups is 1. The zero-order chi connectivity index (χ0) is 18.4. The fraction of sp³-hybridized carbons (Fsp3) is 0.250. The summed E-state index contributed by atoms with van der Waals surface area (Å²) in [6, 6.07) is 6.81. The maximum atomic E-state index is 12.5. The first-order valence-electron chi connectivity index (χ1n) is 7.36. The molecule has 0 unspecified atom stereocenters. The van der Waals surface area contributed by atoms with Crippen LogP contribution in [0.15, 0.2) is 47.6 Å². The van der Waals surface area contributed by atoms with Crippen LogP contribution in [0.1, 0.15) is 12.5 Å². The van der Waals surface area contributed by atoms with Gasteiger partial charge >= 0.3 is 0 Å². The lowest BCUT2D eigenvalue weighted by molar-refractivity contribution is -0.122. The molecule has 1 atom stereocenters. The number of benzene rings is 1. The van der Waals surface area contributed by atoms with Gasteiger partial charge in [0.2, 0.25) is 15.9 Å². The second kappa shape index (κ2) is 8.28. The first kappa shape index (κ1) is 19.2. The Morgan fingerprint density at radius 3 is 2.76 bits per heavy atom. The Balaban J connectivity index is 2.06. The van der Waals surface area contributed by atoms with E-state index in [0.29, 0.717) is 0 Å². The molecule has 0 aliphatic rings. The molecule has 1 amide bonds. The van der Waals surface area contributed by atoms with Gasteiger partial charge in [0.1, 0.15) is 10.6 Å². The van der Waals surface area contributed by atoms with Crippen LogP contribution in [0.5, 0.6) is 5.75 Å². The summed E-state index contributed by atoms with van der Waals surface area (Å²) in [6.07, 6.45) is 3.24. The summed E-state index contributed by atoms with van der Waals surface area (Å²) in [5.74, 6) is -0.326. The van der Waals surface area contributed by atoms with Gasteiger partial charge in [-0.3, -0.25) is 9.78 Å². The number of ether oxygens (including phenoxy) is 1. The first-order chi connectivity index (χ1) is 11.8. The number of carbonyl (C=O) groups excluding carboxylic acids is 1. The summed E-state index contributed by atoms with van der Waals surface area (Å²) in [7, 11) is -2.63. The summed E-state index contributed by atoms with van der Waals surface area (Å²) in [5, 5.41) is 2.89. The molecular formula is C16H18ClN3O4S. The number of methoxy groups -OCH3 is 1. The monoisotopic (exact) mass is 383 g/mol. The first-order valence-corrected chi connectivity index (χ1v) is 9.22. The van der Waals surface area contributed by atoms with E-state index in [4.69, 9.17) is 16.3 Å². The molecule has 0 saturated heterocycles. The Bertz CT molecular complexity index is 844. The second-order valence-electron chi connectivity index (χ2n) is 5.22. The minimum Gasteiger partial charge on any atom is -0.495 e. The third-order valence-corrected chi connectivity index (χ3v) is 5.13. The second-order valence-corrected chi connectivity index (χ2v) is 7.34. The van der Waals surface area contributed by atoms with Crippen LogP contribution in [-0.2, 0) is 21.4 Å². The van der Waals surface area contributed by atoms with E-state index < -0.39 is 22.0 Å². The molecule has 2 rings (SSSR count). The Labute approximate surface area is 151 Å². The average Bonchev–Trinajstić information content (AvgIpc) is 2.60. The number of nitrogens with one attached hydrogen (secondary N) is 2. The summed E-state index contributed by atoms with van der Waals surface area (Å²) < 4.78 is 32.4. The molecule has 9 heteroatoms. The van der Waals surface area contributed by atoms with Crippen LogP contribution in [-0.4, -0.2) is 32.5 Å². The molecule has 0 aliphatic heterocycles. The van der Waals surface area contributed by atoms with Gasteiger partial charge in [-0.05, 0) is 36.8 Å². The Hall–Kier alpha value is -2.16. The van der Waals surface area contributed by atoms with Crippen molar-refractivity contribution in [3.8, 4) is 5.75 Å². The van der Waals surface area contributed by atoms with Gasteiger partial charge in [-0.2, -0.15) is 4.72 Å². The average molecular weight is 384 g/mol. The standard InChI is InChI=1S/C16H18ClN3O4S/c1-11(16(21)19-10-12-4-3-7-18-9-12)20-25(22,23)15-8-13(17)5-6-14(15)24-2/h3-9,11,20H,10H2,1-2H3,(H,19,21)/t11-/m0/s1. The van der Waals surface area contributed by atoms with E-state index in [1.807, 2.05) is 0 Å². The van der Waals surface area contributed by atoms with Gasteiger partial charge in [-0.25, -0.2) is 8.42 Å². The van der Waals surface area contributed by atoms with Gasteiger partial charge in [0.15, 0.2) is 0 Å². The lowest BCUT2D eigenvalue weighted by Gasteiger charge is -2.16. The highest BCUT2D eigenvalue weighted by atomic mass is 35.5. The van der Waals surface area contributed by atoms with Crippen molar-refractivity contribution in [1.82, 2.24) is 15.0 Å². The van der Waals surface area contributed by atoms with Crippen molar-refractivity contribution in [2.24, 2.45) is 0 Å². The molecule has 0 fully saturated rings. The highest BCUT2D eigenvalue weighted by Crippen LogP contribution is 2.27. The van der Waals surface area contributed by atoms with Crippen molar-refractivity contribution in [1.29, 1.82) is 0 Å². The highest BCUT2D eigenvalue weighted by molar-refractivity contribution is 7.89. The van der Waals surface area contributed by atoms with Crippen LogP contribution in [0.2, 0.25) is 5.02 Å². The maximum Gasteiger partial charge on any atom is 0.245 e. The third kappa shape index (κ3) is 5.15. The molecule has 0 spiro atoms. The van der Waals surface area contributed by atoms with Gasteiger partial charge in [0, 0.05) is 24.0 Å². The topological polar surface area (TPSA) is 97.4 Å². The summed E-state index contributed by atoms with van der Waals surface area (Å²) in [6.45, 7) is 1.70. The number of hydrogen-bond acceptors (Lipinski definition) is 5. The van der Waals surface area contributed by atoms with E-state index in [2.05, 4.69) is 15.0 Å². The molecule has 7 nitrogen and oxygen atoms in total.